The summed E-state index contributed by atoms with van der Waals surface area (Å²) in [5.74, 6) is -0.798. The van der Waals surface area contributed by atoms with Crippen LogP contribution in [0.25, 0.3) is 0 Å². The van der Waals surface area contributed by atoms with Gasteiger partial charge in [-0.3, -0.25) is 4.79 Å². The lowest BCUT2D eigenvalue weighted by Gasteiger charge is -2.33. The van der Waals surface area contributed by atoms with E-state index in [1.165, 1.54) is 21.7 Å². The number of thiazole rings is 1. The Morgan fingerprint density at radius 1 is 1.21 bits per heavy atom. The molecule has 1 amide bonds. The second-order valence-corrected chi connectivity index (χ2v) is 11.3. The molecule has 0 aliphatic carbocycles. The molecule has 1 aromatic heterocycles. The van der Waals surface area contributed by atoms with Gasteiger partial charge in [-0.25, -0.2) is 17.8 Å². The second-order valence-electron chi connectivity index (χ2n) is 7.96. The molecule has 10 heteroatoms. The van der Waals surface area contributed by atoms with Crippen molar-refractivity contribution in [2.24, 2.45) is 0 Å². The van der Waals surface area contributed by atoms with Gasteiger partial charge in [-0.1, -0.05) is 32.4 Å². The lowest BCUT2D eigenvalue weighted by Crippen LogP contribution is -2.50. The van der Waals surface area contributed by atoms with Crippen molar-refractivity contribution in [3.05, 3.63) is 44.6 Å². The molecule has 0 atom stereocenters. The number of carbonyl (C=O) groups excluding carboxylic acids is 1. The molecule has 0 spiro atoms. The van der Waals surface area contributed by atoms with Crippen LogP contribution in [0.3, 0.4) is 0 Å². The van der Waals surface area contributed by atoms with Crippen LogP contribution in [0.15, 0.2) is 23.1 Å². The first-order valence-corrected chi connectivity index (χ1v) is 11.8. The maximum atomic E-state index is 13.3. The van der Waals surface area contributed by atoms with Crippen LogP contribution >= 0.6 is 22.9 Å². The Morgan fingerprint density at radius 3 is 2.34 bits per heavy atom. The van der Waals surface area contributed by atoms with Gasteiger partial charge >= 0.3 is 0 Å². The second kappa shape index (κ2) is 7.94. The fourth-order valence-electron chi connectivity index (χ4n) is 2.98. The Labute approximate surface area is 179 Å². The normalized spacial score (nSPS) is 16.3. The SMILES string of the molecule is Cc1nc(C(C)(C)C)sc1C(=O)N1CCN(S(=O)(=O)c2ccc(F)c(Cl)c2)CC1. The summed E-state index contributed by atoms with van der Waals surface area (Å²) in [6.07, 6.45) is 0. The van der Waals surface area contributed by atoms with E-state index in [1.807, 2.05) is 27.7 Å². The predicted octanol–water partition coefficient (Wildman–Crippen LogP) is 3.69. The number of hydrogen-bond donors (Lipinski definition) is 0. The Bertz CT molecular complexity index is 1040. The monoisotopic (exact) mass is 459 g/mol. The molecule has 1 saturated heterocycles. The van der Waals surface area contributed by atoms with Gasteiger partial charge in [0.25, 0.3) is 5.91 Å². The highest BCUT2D eigenvalue weighted by molar-refractivity contribution is 7.89. The van der Waals surface area contributed by atoms with Gasteiger partial charge in [0, 0.05) is 31.6 Å². The number of carbonyl (C=O) groups is 1. The lowest BCUT2D eigenvalue weighted by atomic mass is 9.98. The summed E-state index contributed by atoms with van der Waals surface area (Å²) in [5, 5.41) is 0.656. The molecule has 0 bridgehead atoms. The number of sulfonamides is 1. The zero-order valence-corrected chi connectivity index (χ0v) is 19.1. The molecule has 0 N–H and O–H groups in total. The minimum absolute atomic E-state index is 0.0585. The molecule has 1 aliphatic rings. The van der Waals surface area contributed by atoms with E-state index in [9.17, 15) is 17.6 Å². The Hall–Kier alpha value is -1.55. The Morgan fingerprint density at radius 2 is 1.83 bits per heavy atom. The molecular formula is C19H23ClFN3O3S2. The number of benzene rings is 1. The predicted molar refractivity (Wildman–Crippen MR) is 112 cm³/mol. The largest absolute Gasteiger partial charge is 0.335 e. The molecule has 1 aliphatic heterocycles. The molecule has 29 heavy (non-hydrogen) atoms. The maximum Gasteiger partial charge on any atom is 0.265 e. The Kier molecular flexibility index (Phi) is 6.06. The number of aryl methyl sites for hydroxylation is 1. The topological polar surface area (TPSA) is 70.6 Å². The zero-order valence-electron chi connectivity index (χ0n) is 16.7. The number of nitrogens with zero attached hydrogens (tertiary/aromatic N) is 3. The molecule has 2 heterocycles. The van der Waals surface area contributed by atoms with E-state index in [-0.39, 0.29) is 47.4 Å². The summed E-state index contributed by atoms with van der Waals surface area (Å²) >= 11 is 7.11. The first-order valence-electron chi connectivity index (χ1n) is 9.13. The Balaban J connectivity index is 1.72. The fourth-order valence-corrected chi connectivity index (χ4v) is 5.76. The van der Waals surface area contributed by atoms with Crippen molar-refractivity contribution >= 4 is 38.9 Å². The van der Waals surface area contributed by atoms with Crippen molar-refractivity contribution in [3.63, 3.8) is 0 Å². The summed E-state index contributed by atoms with van der Waals surface area (Å²) in [6, 6.07) is 3.34. The quantitative estimate of drug-likeness (QED) is 0.701. The summed E-state index contributed by atoms with van der Waals surface area (Å²) in [5.41, 5.74) is 0.554. The maximum absolute atomic E-state index is 13.3. The molecule has 3 rings (SSSR count). The number of rotatable bonds is 3. The van der Waals surface area contributed by atoms with Crippen molar-refractivity contribution in [1.29, 1.82) is 0 Å². The third-order valence-electron chi connectivity index (χ3n) is 4.69. The van der Waals surface area contributed by atoms with Crippen LogP contribution in [0.2, 0.25) is 5.02 Å². The van der Waals surface area contributed by atoms with Crippen LogP contribution in [0.1, 0.15) is 41.1 Å². The summed E-state index contributed by atoms with van der Waals surface area (Å²) in [4.78, 5) is 19.7. The molecule has 6 nitrogen and oxygen atoms in total. The highest BCUT2D eigenvalue weighted by atomic mass is 35.5. The summed E-state index contributed by atoms with van der Waals surface area (Å²) in [7, 11) is -3.80. The third-order valence-corrected chi connectivity index (χ3v) is 8.44. The highest BCUT2D eigenvalue weighted by Crippen LogP contribution is 2.30. The van der Waals surface area contributed by atoms with E-state index in [1.54, 1.807) is 4.90 Å². The number of halogens is 2. The van der Waals surface area contributed by atoms with Crippen molar-refractivity contribution in [2.75, 3.05) is 26.2 Å². The van der Waals surface area contributed by atoms with Crippen LogP contribution in [-0.2, 0) is 15.4 Å². The van der Waals surface area contributed by atoms with E-state index >= 15 is 0 Å². The van der Waals surface area contributed by atoms with Gasteiger partial charge in [0.1, 0.15) is 10.7 Å². The standard InChI is InChI=1S/C19H23ClFN3O3S2/c1-12-16(28-18(22-12)19(2,3)4)17(25)23-7-9-24(10-8-23)29(26,27)13-5-6-15(21)14(20)11-13/h5-6,11H,7-10H2,1-4H3. The van der Waals surface area contributed by atoms with Crippen LogP contribution < -0.4 is 0 Å². The van der Waals surface area contributed by atoms with Crippen LogP contribution in [0.4, 0.5) is 4.39 Å². The number of hydrogen-bond acceptors (Lipinski definition) is 5. The minimum atomic E-state index is -3.80. The van der Waals surface area contributed by atoms with Crippen LogP contribution in [0.5, 0.6) is 0 Å². The van der Waals surface area contributed by atoms with Crippen LogP contribution in [0, 0.1) is 12.7 Å². The van der Waals surface area contributed by atoms with Gasteiger partial charge in [0.15, 0.2) is 0 Å². The first kappa shape index (κ1) is 22.1. The average molecular weight is 460 g/mol. The van der Waals surface area contributed by atoms with Crippen molar-refractivity contribution in [1.82, 2.24) is 14.2 Å². The van der Waals surface area contributed by atoms with Gasteiger partial charge in [-0.05, 0) is 25.1 Å². The minimum Gasteiger partial charge on any atom is -0.335 e. The van der Waals surface area contributed by atoms with E-state index in [0.717, 1.165) is 17.1 Å². The van der Waals surface area contributed by atoms with Crippen molar-refractivity contribution in [2.45, 2.75) is 38.0 Å². The van der Waals surface area contributed by atoms with Gasteiger partial charge < -0.3 is 4.90 Å². The van der Waals surface area contributed by atoms with Gasteiger partial charge in [0.2, 0.25) is 10.0 Å². The van der Waals surface area contributed by atoms with Gasteiger partial charge in [-0.2, -0.15) is 4.31 Å². The first-order chi connectivity index (χ1) is 13.4. The number of aromatic nitrogens is 1. The van der Waals surface area contributed by atoms with E-state index < -0.39 is 15.8 Å². The average Bonchev–Trinajstić information content (AvgIpc) is 3.05. The summed E-state index contributed by atoms with van der Waals surface area (Å²) in [6.45, 7) is 8.82. The molecular weight excluding hydrogens is 437 g/mol. The fraction of sp³-hybridized carbons (Fsp3) is 0.474. The smallest absolute Gasteiger partial charge is 0.265 e. The number of piperazine rings is 1. The van der Waals surface area contributed by atoms with Gasteiger partial charge in [-0.15, -0.1) is 11.3 Å². The number of amides is 1. The molecule has 1 fully saturated rings. The van der Waals surface area contributed by atoms with Crippen LogP contribution in [-0.4, -0.2) is 54.7 Å². The highest BCUT2D eigenvalue weighted by Gasteiger charge is 2.32. The van der Waals surface area contributed by atoms with Crippen molar-refractivity contribution < 1.29 is 17.6 Å². The molecule has 2 aromatic rings. The zero-order chi connectivity index (χ0) is 21.6. The van der Waals surface area contributed by atoms with E-state index in [2.05, 4.69) is 4.98 Å². The molecule has 0 unspecified atom stereocenters. The molecule has 0 saturated carbocycles. The van der Waals surface area contributed by atoms with Crippen molar-refractivity contribution in [3.8, 4) is 0 Å². The van der Waals surface area contributed by atoms with E-state index in [4.69, 9.17) is 11.6 Å². The molecule has 158 valence electrons. The molecule has 1 aromatic carbocycles. The lowest BCUT2D eigenvalue weighted by molar-refractivity contribution is 0.0702. The summed E-state index contributed by atoms with van der Waals surface area (Å²) < 4.78 is 40.2. The van der Waals surface area contributed by atoms with E-state index in [0.29, 0.717) is 10.6 Å². The third kappa shape index (κ3) is 4.47. The van der Waals surface area contributed by atoms with Gasteiger partial charge in [0.05, 0.1) is 20.6 Å². The molecule has 0 radical (unpaired) electrons.